The molecule has 1 aliphatic rings. The van der Waals surface area contributed by atoms with Crippen LogP contribution in [0.25, 0.3) is 0 Å². The average Bonchev–Trinajstić information content (AvgIpc) is 2.44. The third kappa shape index (κ3) is 3.30. The van der Waals surface area contributed by atoms with Gasteiger partial charge in [0.1, 0.15) is 0 Å². The molecule has 0 saturated carbocycles. The van der Waals surface area contributed by atoms with Crippen LogP contribution in [0.15, 0.2) is 0 Å². The number of nitrogens with zero attached hydrogens (tertiary/aromatic N) is 1. The predicted molar refractivity (Wildman–Crippen MR) is 61.1 cm³/mol. The van der Waals surface area contributed by atoms with Crippen LogP contribution in [0.3, 0.4) is 0 Å². The Hall–Kier alpha value is -0.900. The number of amides is 1. The highest BCUT2D eigenvalue weighted by molar-refractivity contribution is 5.87. The quantitative estimate of drug-likeness (QED) is 0.716. The van der Waals surface area contributed by atoms with Gasteiger partial charge in [0, 0.05) is 19.9 Å². The van der Waals surface area contributed by atoms with Crippen LogP contribution in [0.2, 0.25) is 0 Å². The molecule has 0 aromatic heterocycles. The second kappa shape index (κ2) is 4.53. The van der Waals surface area contributed by atoms with Crippen molar-refractivity contribution in [3.05, 3.63) is 0 Å². The van der Waals surface area contributed by atoms with Crippen molar-refractivity contribution < 1.29 is 14.3 Å². The molecule has 0 aromatic rings. The first-order valence-corrected chi connectivity index (χ1v) is 5.66. The first kappa shape index (κ1) is 13.2. The van der Waals surface area contributed by atoms with Gasteiger partial charge in [-0.15, -0.1) is 0 Å². The van der Waals surface area contributed by atoms with Crippen LogP contribution in [0.4, 0.5) is 0 Å². The van der Waals surface area contributed by atoms with Crippen molar-refractivity contribution in [2.24, 2.45) is 0 Å². The van der Waals surface area contributed by atoms with E-state index in [1.54, 1.807) is 4.90 Å². The van der Waals surface area contributed by atoms with Crippen molar-refractivity contribution in [1.82, 2.24) is 4.90 Å². The van der Waals surface area contributed by atoms with E-state index >= 15 is 0 Å². The highest BCUT2D eigenvalue weighted by Gasteiger charge is 2.38. The number of carbonyl (C=O) groups is 2. The molecule has 1 heterocycles. The van der Waals surface area contributed by atoms with Crippen molar-refractivity contribution in [2.45, 2.75) is 58.8 Å². The number of hydrogen-bond acceptors (Lipinski definition) is 3. The van der Waals surface area contributed by atoms with E-state index in [9.17, 15) is 9.59 Å². The van der Waals surface area contributed by atoms with Crippen LogP contribution < -0.4 is 0 Å². The fraction of sp³-hybridized carbons (Fsp3) is 0.833. The number of rotatable bonds is 2. The molecule has 1 aliphatic heterocycles. The molecule has 0 radical (unpaired) electrons. The molecule has 0 aliphatic carbocycles. The van der Waals surface area contributed by atoms with Gasteiger partial charge in [0.15, 0.2) is 5.78 Å². The Balaban J connectivity index is 2.69. The summed E-state index contributed by atoms with van der Waals surface area (Å²) < 4.78 is 5.81. The molecule has 92 valence electrons. The van der Waals surface area contributed by atoms with Gasteiger partial charge in [0.25, 0.3) is 0 Å². The summed E-state index contributed by atoms with van der Waals surface area (Å²) >= 11 is 0. The van der Waals surface area contributed by atoms with E-state index in [0.29, 0.717) is 13.0 Å². The van der Waals surface area contributed by atoms with Crippen molar-refractivity contribution in [2.75, 3.05) is 6.54 Å². The molecule has 2 atom stereocenters. The normalized spacial score (nSPS) is 25.9. The predicted octanol–water partition coefficient (Wildman–Crippen LogP) is 1.38. The lowest BCUT2D eigenvalue weighted by atomic mass is 10.1. The van der Waals surface area contributed by atoms with Crippen molar-refractivity contribution in [1.29, 1.82) is 0 Å². The van der Waals surface area contributed by atoms with Crippen LogP contribution in [0, 0.1) is 0 Å². The SMILES string of the molecule is CC(=O)C1C[C@@H](OC(C)(C)C)CN1C(C)=O. The second-order valence-electron chi connectivity index (χ2n) is 5.39. The Bertz CT molecular complexity index is 271. The minimum Gasteiger partial charge on any atom is -0.371 e. The van der Waals surface area contributed by atoms with Crippen LogP contribution in [-0.4, -0.2) is 40.9 Å². The summed E-state index contributed by atoms with van der Waals surface area (Å²) in [6.07, 6.45) is 0.587. The van der Waals surface area contributed by atoms with Crippen molar-refractivity contribution >= 4 is 11.7 Å². The summed E-state index contributed by atoms with van der Waals surface area (Å²) in [4.78, 5) is 24.4. The molecule has 4 nitrogen and oxygen atoms in total. The monoisotopic (exact) mass is 227 g/mol. The van der Waals surface area contributed by atoms with Gasteiger partial charge >= 0.3 is 0 Å². The number of ether oxygens (including phenoxy) is 1. The fourth-order valence-electron chi connectivity index (χ4n) is 2.12. The minimum atomic E-state index is -0.301. The van der Waals surface area contributed by atoms with Crippen LogP contribution >= 0.6 is 0 Å². The van der Waals surface area contributed by atoms with Gasteiger partial charge in [-0.05, 0) is 27.7 Å². The number of carbonyl (C=O) groups excluding carboxylic acids is 2. The summed E-state index contributed by atoms with van der Waals surface area (Å²) in [6.45, 7) is 9.48. The summed E-state index contributed by atoms with van der Waals surface area (Å²) in [5, 5.41) is 0. The zero-order valence-electron chi connectivity index (χ0n) is 10.7. The van der Waals surface area contributed by atoms with E-state index in [0.717, 1.165) is 0 Å². The van der Waals surface area contributed by atoms with E-state index < -0.39 is 0 Å². The molecule has 1 amide bonds. The molecule has 4 heteroatoms. The van der Waals surface area contributed by atoms with Gasteiger partial charge in [-0.3, -0.25) is 9.59 Å². The smallest absolute Gasteiger partial charge is 0.220 e. The molecule has 0 spiro atoms. The Labute approximate surface area is 96.9 Å². The molecular formula is C12H21NO3. The fourth-order valence-corrected chi connectivity index (χ4v) is 2.12. The molecular weight excluding hydrogens is 206 g/mol. The topological polar surface area (TPSA) is 46.6 Å². The highest BCUT2D eigenvalue weighted by Crippen LogP contribution is 2.24. The van der Waals surface area contributed by atoms with Gasteiger partial charge in [0.2, 0.25) is 5.91 Å². The minimum absolute atomic E-state index is 0.0298. The molecule has 0 aromatic carbocycles. The average molecular weight is 227 g/mol. The van der Waals surface area contributed by atoms with E-state index in [4.69, 9.17) is 4.74 Å². The molecule has 1 rings (SSSR count). The highest BCUT2D eigenvalue weighted by atomic mass is 16.5. The number of Topliss-reactive ketones (excluding diaryl/α,β-unsaturated/α-hetero) is 1. The summed E-state index contributed by atoms with van der Waals surface area (Å²) in [5.74, 6) is -0.0181. The zero-order valence-corrected chi connectivity index (χ0v) is 10.7. The maximum absolute atomic E-state index is 11.4. The van der Waals surface area contributed by atoms with E-state index in [2.05, 4.69) is 0 Å². The van der Waals surface area contributed by atoms with E-state index in [1.807, 2.05) is 20.8 Å². The van der Waals surface area contributed by atoms with Crippen LogP contribution in [0.1, 0.15) is 41.0 Å². The first-order chi connectivity index (χ1) is 7.20. The Morgan fingerprint density at radius 2 is 1.81 bits per heavy atom. The van der Waals surface area contributed by atoms with Crippen molar-refractivity contribution in [3.8, 4) is 0 Å². The largest absolute Gasteiger partial charge is 0.371 e. The lowest BCUT2D eigenvalue weighted by molar-refractivity contribution is -0.135. The number of ketones is 1. The van der Waals surface area contributed by atoms with Gasteiger partial charge < -0.3 is 9.64 Å². The number of hydrogen-bond donors (Lipinski definition) is 0. The lowest BCUT2D eigenvalue weighted by Crippen LogP contribution is -2.38. The molecule has 1 saturated heterocycles. The van der Waals surface area contributed by atoms with Crippen LogP contribution in [-0.2, 0) is 14.3 Å². The van der Waals surface area contributed by atoms with Gasteiger partial charge in [-0.25, -0.2) is 0 Å². The Kier molecular flexibility index (Phi) is 3.73. The summed E-state index contributed by atoms with van der Waals surface area (Å²) in [5.41, 5.74) is -0.237. The van der Waals surface area contributed by atoms with Gasteiger partial charge in [0.05, 0.1) is 17.7 Å². The third-order valence-corrected chi connectivity index (χ3v) is 2.66. The lowest BCUT2D eigenvalue weighted by Gasteiger charge is -2.24. The second-order valence-corrected chi connectivity index (χ2v) is 5.39. The van der Waals surface area contributed by atoms with Gasteiger partial charge in [-0.1, -0.05) is 0 Å². The number of likely N-dealkylation sites (tertiary alicyclic amines) is 1. The Morgan fingerprint density at radius 1 is 1.25 bits per heavy atom. The maximum Gasteiger partial charge on any atom is 0.220 e. The van der Waals surface area contributed by atoms with Gasteiger partial charge in [-0.2, -0.15) is 0 Å². The van der Waals surface area contributed by atoms with E-state index in [-0.39, 0.29) is 29.4 Å². The molecule has 0 N–H and O–H groups in total. The zero-order chi connectivity index (χ0) is 12.5. The molecule has 1 fully saturated rings. The van der Waals surface area contributed by atoms with E-state index in [1.165, 1.54) is 13.8 Å². The van der Waals surface area contributed by atoms with Crippen LogP contribution in [0.5, 0.6) is 0 Å². The standard InChI is InChI=1S/C12H21NO3/c1-8(14)11-6-10(16-12(3,4)5)7-13(11)9(2)15/h10-11H,6-7H2,1-5H3/t10-,11?/m1/s1. The third-order valence-electron chi connectivity index (χ3n) is 2.66. The van der Waals surface area contributed by atoms with Crippen molar-refractivity contribution in [3.63, 3.8) is 0 Å². The summed E-state index contributed by atoms with van der Waals surface area (Å²) in [6, 6.07) is -0.301. The first-order valence-electron chi connectivity index (χ1n) is 5.66. The molecule has 1 unspecified atom stereocenters. The maximum atomic E-state index is 11.4. The molecule has 16 heavy (non-hydrogen) atoms. The summed E-state index contributed by atoms with van der Waals surface area (Å²) in [7, 11) is 0. The molecule has 0 bridgehead atoms. The Morgan fingerprint density at radius 3 is 2.12 bits per heavy atom.